The van der Waals surface area contributed by atoms with Crippen LogP contribution in [0.15, 0.2) is 0 Å². The molecule has 0 aromatic rings. The molecule has 2 unspecified atom stereocenters. The molecule has 1 heterocycles. The second-order valence-electron chi connectivity index (χ2n) is 4.83. The summed E-state index contributed by atoms with van der Waals surface area (Å²) >= 11 is 0. The lowest BCUT2D eigenvalue weighted by Gasteiger charge is -2.23. The van der Waals surface area contributed by atoms with Gasteiger partial charge in [0, 0.05) is 20.3 Å². The molecule has 122 valence electrons. The van der Waals surface area contributed by atoms with Gasteiger partial charge in [-0.1, -0.05) is 0 Å². The third-order valence-corrected chi connectivity index (χ3v) is 3.07. The number of methoxy groups -OCH3 is 1. The van der Waals surface area contributed by atoms with Crippen molar-refractivity contribution in [2.45, 2.75) is 38.4 Å². The number of rotatable bonds is 7. The van der Waals surface area contributed by atoms with Gasteiger partial charge in [0.2, 0.25) is 0 Å². The number of urea groups is 1. The van der Waals surface area contributed by atoms with Crippen molar-refractivity contribution < 1.29 is 23.8 Å². The van der Waals surface area contributed by atoms with Crippen LogP contribution >= 0.6 is 0 Å². The summed E-state index contributed by atoms with van der Waals surface area (Å²) in [4.78, 5) is 23.0. The Bertz CT molecular complexity index is 321. The highest BCUT2D eigenvalue weighted by molar-refractivity contribution is 5.83. The fraction of sp³-hybridized carbons (Fsp3) is 0.846. The second kappa shape index (κ2) is 10.4. The van der Waals surface area contributed by atoms with Gasteiger partial charge in [-0.2, -0.15) is 0 Å². The van der Waals surface area contributed by atoms with E-state index in [9.17, 15) is 9.59 Å². The SMILES string of the molecule is COCCNC(=O)NNC(=O)C(C)OCC1CCCCO1. The number of hydrogen-bond donors (Lipinski definition) is 3. The summed E-state index contributed by atoms with van der Waals surface area (Å²) in [6.07, 6.45) is 2.55. The van der Waals surface area contributed by atoms with Crippen molar-refractivity contribution in [1.82, 2.24) is 16.2 Å². The Hall–Kier alpha value is -1.38. The van der Waals surface area contributed by atoms with Crippen molar-refractivity contribution >= 4 is 11.9 Å². The van der Waals surface area contributed by atoms with E-state index in [1.807, 2.05) is 0 Å². The van der Waals surface area contributed by atoms with Crippen molar-refractivity contribution in [1.29, 1.82) is 0 Å². The molecule has 1 fully saturated rings. The average molecular weight is 303 g/mol. The van der Waals surface area contributed by atoms with E-state index in [-0.39, 0.29) is 6.10 Å². The number of nitrogens with one attached hydrogen (secondary N) is 3. The molecule has 2 atom stereocenters. The molecule has 3 N–H and O–H groups in total. The number of carbonyl (C=O) groups is 2. The van der Waals surface area contributed by atoms with Gasteiger partial charge in [-0.3, -0.25) is 10.2 Å². The van der Waals surface area contributed by atoms with E-state index in [4.69, 9.17) is 14.2 Å². The van der Waals surface area contributed by atoms with Gasteiger partial charge < -0.3 is 19.5 Å². The summed E-state index contributed by atoms with van der Waals surface area (Å²) in [5.74, 6) is -0.410. The predicted molar refractivity (Wildman–Crippen MR) is 75.6 cm³/mol. The minimum absolute atomic E-state index is 0.0549. The zero-order chi connectivity index (χ0) is 15.5. The molecule has 1 saturated heterocycles. The zero-order valence-corrected chi connectivity index (χ0v) is 12.6. The van der Waals surface area contributed by atoms with E-state index in [1.54, 1.807) is 6.92 Å². The molecule has 0 spiro atoms. The van der Waals surface area contributed by atoms with Crippen LogP contribution in [-0.4, -0.2) is 57.6 Å². The molecular weight excluding hydrogens is 278 g/mol. The molecule has 0 aromatic heterocycles. The van der Waals surface area contributed by atoms with Gasteiger partial charge in [0.25, 0.3) is 5.91 Å². The third-order valence-electron chi connectivity index (χ3n) is 3.07. The first kappa shape index (κ1) is 17.7. The van der Waals surface area contributed by atoms with Gasteiger partial charge in [-0.15, -0.1) is 0 Å². The highest BCUT2D eigenvalue weighted by Crippen LogP contribution is 2.13. The standard InChI is InChI=1S/C13H25N3O5/c1-10(21-9-11-5-3-4-7-20-11)12(17)15-16-13(18)14-6-8-19-2/h10-11H,3-9H2,1-2H3,(H,15,17)(H2,14,16,18). The second-order valence-corrected chi connectivity index (χ2v) is 4.83. The molecule has 1 aliphatic heterocycles. The van der Waals surface area contributed by atoms with E-state index in [2.05, 4.69) is 16.2 Å². The van der Waals surface area contributed by atoms with Crippen molar-refractivity contribution in [2.24, 2.45) is 0 Å². The molecule has 0 saturated carbocycles. The summed E-state index contributed by atoms with van der Waals surface area (Å²) in [5, 5.41) is 2.51. The molecule has 1 aliphatic rings. The Labute approximate surface area is 124 Å². The molecule has 0 aliphatic carbocycles. The lowest BCUT2D eigenvalue weighted by molar-refractivity contribution is -0.136. The lowest BCUT2D eigenvalue weighted by atomic mass is 10.1. The van der Waals surface area contributed by atoms with Crippen LogP contribution in [0.3, 0.4) is 0 Å². The largest absolute Gasteiger partial charge is 0.383 e. The molecule has 0 bridgehead atoms. The van der Waals surface area contributed by atoms with E-state index in [0.29, 0.717) is 19.8 Å². The Morgan fingerprint density at radius 2 is 2.14 bits per heavy atom. The van der Waals surface area contributed by atoms with Gasteiger partial charge in [0.1, 0.15) is 6.10 Å². The highest BCUT2D eigenvalue weighted by atomic mass is 16.5. The van der Waals surface area contributed by atoms with Gasteiger partial charge >= 0.3 is 6.03 Å². The van der Waals surface area contributed by atoms with E-state index >= 15 is 0 Å². The van der Waals surface area contributed by atoms with Crippen molar-refractivity contribution in [3.05, 3.63) is 0 Å². The smallest absolute Gasteiger partial charge is 0.333 e. The van der Waals surface area contributed by atoms with Crippen LogP contribution < -0.4 is 16.2 Å². The molecule has 21 heavy (non-hydrogen) atoms. The summed E-state index contributed by atoms with van der Waals surface area (Å²) in [7, 11) is 1.54. The van der Waals surface area contributed by atoms with Crippen molar-refractivity contribution in [3.8, 4) is 0 Å². The van der Waals surface area contributed by atoms with Gasteiger partial charge in [-0.25, -0.2) is 10.2 Å². The molecule has 8 nitrogen and oxygen atoms in total. The number of hydrogen-bond acceptors (Lipinski definition) is 5. The third kappa shape index (κ3) is 7.84. The van der Waals surface area contributed by atoms with Gasteiger partial charge in [0.15, 0.2) is 0 Å². The first-order chi connectivity index (χ1) is 10.1. The minimum atomic E-state index is -0.658. The number of hydrazine groups is 1. The molecule has 0 radical (unpaired) electrons. The fourth-order valence-corrected chi connectivity index (χ4v) is 1.80. The number of carbonyl (C=O) groups excluding carboxylic acids is 2. The highest BCUT2D eigenvalue weighted by Gasteiger charge is 2.19. The maximum absolute atomic E-state index is 11.7. The molecule has 1 rings (SSSR count). The van der Waals surface area contributed by atoms with Crippen LogP contribution in [0.25, 0.3) is 0 Å². The minimum Gasteiger partial charge on any atom is -0.383 e. The van der Waals surface area contributed by atoms with E-state index in [1.165, 1.54) is 7.11 Å². The summed E-state index contributed by atoms with van der Waals surface area (Å²) in [5.41, 5.74) is 4.53. The zero-order valence-electron chi connectivity index (χ0n) is 12.6. The molecular formula is C13H25N3O5. The van der Waals surface area contributed by atoms with Crippen molar-refractivity contribution in [3.63, 3.8) is 0 Å². The quantitative estimate of drug-likeness (QED) is 0.452. The number of amides is 3. The van der Waals surface area contributed by atoms with Crippen LogP contribution in [0.4, 0.5) is 4.79 Å². The molecule has 3 amide bonds. The monoisotopic (exact) mass is 303 g/mol. The first-order valence-corrected chi connectivity index (χ1v) is 7.19. The normalized spacial score (nSPS) is 19.6. The van der Waals surface area contributed by atoms with Crippen LogP contribution in [0, 0.1) is 0 Å². The Kier molecular flexibility index (Phi) is 8.72. The van der Waals surface area contributed by atoms with Crippen molar-refractivity contribution in [2.75, 3.05) is 33.5 Å². The average Bonchev–Trinajstić information content (AvgIpc) is 2.51. The van der Waals surface area contributed by atoms with Crippen LogP contribution in [0.1, 0.15) is 26.2 Å². The van der Waals surface area contributed by atoms with Crippen LogP contribution in [-0.2, 0) is 19.0 Å². The summed E-state index contributed by atoms with van der Waals surface area (Å²) in [6, 6.07) is -0.497. The molecule has 8 heteroatoms. The lowest BCUT2D eigenvalue weighted by Crippen LogP contribution is -2.50. The summed E-state index contributed by atoms with van der Waals surface area (Å²) < 4.78 is 15.7. The Morgan fingerprint density at radius 1 is 1.33 bits per heavy atom. The maximum atomic E-state index is 11.7. The van der Waals surface area contributed by atoms with E-state index < -0.39 is 18.0 Å². The van der Waals surface area contributed by atoms with Gasteiger partial charge in [0.05, 0.1) is 19.3 Å². The summed E-state index contributed by atoms with van der Waals surface area (Å²) in [6.45, 7) is 3.53. The Morgan fingerprint density at radius 3 is 2.81 bits per heavy atom. The van der Waals surface area contributed by atoms with E-state index in [0.717, 1.165) is 25.9 Å². The first-order valence-electron chi connectivity index (χ1n) is 7.19. The topological polar surface area (TPSA) is 97.9 Å². The Balaban J connectivity index is 2.11. The maximum Gasteiger partial charge on any atom is 0.333 e. The van der Waals surface area contributed by atoms with Crippen LogP contribution in [0.5, 0.6) is 0 Å². The van der Waals surface area contributed by atoms with Gasteiger partial charge in [-0.05, 0) is 26.2 Å². The fourth-order valence-electron chi connectivity index (χ4n) is 1.80. The number of ether oxygens (including phenoxy) is 3. The molecule has 0 aromatic carbocycles. The predicted octanol–water partition coefficient (Wildman–Crippen LogP) is -0.0626. The van der Waals surface area contributed by atoms with Crippen LogP contribution in [0.2, 0.25) is 0 Å².